The van der Waals surface area contributed by atoms with Gasteiger partial charge in [-0.3, -0.25) is 9.10 Å². The fourth-order valence-corrected chi connectivity index (χ4v) is 5.65. The molecule has 0 unspecified atom stereocenters. The highest BCUT2D eigenvalue weighted by atomic mass is 35.5. The first-order chi connectivity index (χ1) is 15.8. The first-order valence-corrected chi connectivity index (χ1v) is 13.4. The third-order valence-corrected chi connectivity index (χ3v) is 8.13. The number of benzene rings is 3. The van der Waals surface area contributed by atoms with Gasteiger partial charge >= 0.3 is 0 Å². The Labute approximate surface area is 205 Å². The van der Waals surface area contributed by atoms with E-state index in [0.29, 0.717) is 17.3 Å². The van der Waals surface area contributed by atoms with E-state index in [2.05, 4.69) is 36.5 Å². The lowest BCUT2D eigenvalue weighted by atomic mass is 10.2. The smallest absolute Gasteiger partial charge is 0.264 e. The van der Waals surface area contributed by atoms with Crippen LogP contribution >= 0.6 is 23.4 Å². The maximum absolute atomic E-state index is 13.4. The van der Waals surface area contributed by atoms with E-state index in [4.69, 9.17) is 11.6 Å². The summed E-state index contributed by atoms with van der Waals surface area (Å²) in [5.41, 5.74) is 2.45. The molecule has 3 aromatic rings. The minimum absolute atomic E-state index is 0.0810. The van der Waals surface area contributed by atoms with Crippen molar-refractivity contribution in [3.8, 4) is 0 Å². The summed E-state index contributed by atoms with van der Waals surface area (Å²) in [6, 6.07) is 21.4. The van der Waals surface area contributed by atoms with E-state index in [1.54, 1.807) is 23.9 Å². The van der Waals surface area contributed by atoms with Crippen molar-refractivity contribution in [2.45, 2.75) is 30.1 Å². The third-order valence-electron chi connectivity index (χ3n) is 5.01. The summed E-state index contributed by atoms with van der Waals surface area (Å²) in [6.07, 6.45) is 0.776. The van der Waals surface area contributed by atoms with Gasteiger partial charge in [0.05, 0.1) is 10.6 Å². The van der Waals surface area contributed by atoms with E-state index < -0.39 is 10.0 Å². The zero-order chi connectivity index (χ0) is 23.8. The number of nitrogens with one attached hydrogen (secondary N) is 1. The lowest BCUT2D eigenvalue weighted by Crippen LogP contribution is -2.41. The monoisotopic (exact) mass is 502 g/mol. The molecule has 0 aliphatic rings. The van der Waals surface area contributed by atoms with Crippen LogP contribution in [0, 0.1) is 13.8 Å². The Morgan fingerprint density at radius 3 is 2.30 bits per heavy atom. The largest absolute Gasteiger partial charge is 0.354 e. The molecular weight excluding hydrogens is 476 g/mol. The first kappa shape index (κ1) is 25.1. The molecule has 33 heavy (non-hydrogen) atoms. The predicted molar refractivity (Wildman–Crippen MR) is 137 cm³/mol. The van der Waals surface area contributed by atoms with E-state index >= 15 is 0 Å². The molecule has 0 saturated heterocycles. The van der Waals surface area contributed by atoms with E-state index in [1.807, 2.05) is 19.1 Å². The summed E-state index contributed by atoms with van der Waals surface area (Å²) in [4.78, 5) is 14.0. The average molecular weight is 503 g/mol. The maximum atomic E-state index is 13.4. The number of halogens is 1. The van der Waals surface area contributed by atoms with Gasteiger partial charge in [-0.05, 0) is 74.0 Å². The van der Waals surface area contributed by atoms with Gasteiger partial charge in [0.2, 0.25) is 5.91 Å². The first-order valence-electron chi connectivity index (χ1n) is 10.6. The Balaban J connectivity index is 1.65. The number of nitrogens with zero attached hydrogens (tertiary/aromatic N) is 1. The number of para-hydroxylation sites is 1. The van der Waals surface area contributed by atoms with Crippen LogP contribution in [0.25, 0.3) is 0 Å². The fraction of sp³-hybridized carbons (Fsp3) is 0.240. The number of sulfonamides is 1. The molecule has 0 atom stereocenters. The molecule has 0 spiro atoms. The van der Waals surface area contributed by atoms with Crippen molar-refractivity contribution in [3.05, 3.63) is 88.9 Å². The van der Waals surface area contributed by atoms with E-state index in [9.17, 15) is 13.2 Å². The fourth-order valence-electron chi connectivity index (χ4n) is 3.19. The van der Waals surface area contributed by atoms with Crippen LogP contribution in [0.4, 0.5) is 5.69 Å². The number of thioether (sulfide) groups is 1. The summed E-state index contributed by atoms with van der Waals surface area (Å²) < 4.78 is 27.9. The molecular formula is C25H27ClN2O3S2. The van der Waals surface area contributed by atoms with Crippen LogP contribution in [-0.2, 0) is 14.8 Å². The molecule has 0 aromatic heterocycles. The topological polar surface area (TPSA) is 66.5 Å². The maximum Gasteiger partial charge on any atom is 0.264 e. The summed E-state index contributed by atoms with van der Waals surface area (Å²) in [7, 11) is -3.95. The van der Waals surface area contributed by atoms with Crippen LogP contribution in [0.3, 0.4) is 0 Å². The second-order valence-electron chi connectivity index (χ2n) is 7.62. The van der Waals surface area contributed by atoms with Gasteiger partial charge in [0, 0.05) is 16.5 Å². The van der Waals surface area contributed by atoms with Gasteiger partial charge in [-0.1, -0.05) is 47.5 Å². The highest BCUT2D eigenvalue weighted by Crippen LogP contribution is 2.27. The van der Waals surface area contributed by atoms with Crippen molar-refractivity contribution in [2.75, 3.05) is 23.1 Å². The molecule has 0 aliphatic heterocycles. The van der Waals surface area contributed by atoms with Crippen molar-refractivity contribution in [2.24, 2.45) is 0 Å². The van der Waals surface area contributed by atoms with E-state index in [0.717, 1.165) is 22.0 Å². The molecule has 3 rings (SSSR count). The second-order valence-corrected chi connectivity index (χ2v) is 11.1. The third kappa shape index (κ3) is 7.00. The molecule has 3 aromatic carbocycles. The highest BCUT2D eigenvalue weighted by molar-refractivity contribution is 7.99. The van der Waals surface area contributed by atoms with Crippen LogP contribution in [-0.4, -0.2) is 33.2 Å². The highest BCUT2D eigenvalue weighted by Gasteiger charge is 2.28. The molecule has 0 radical (unpaired) electrons. The van der Waals surface area contributed by atoms with Gasteiger partial charge in [0.1, 0.15) is 6.54 Å². The summed E-state index contributed by atoms with van der Waals surface area (Å²) in [6.45, 7) is 4.04. The molecule has 1 N–H and O–H groups in total. The molecule has 0 saturated carbocycles. The summed E-state index contributed by atoms with van der Waals surface area (Å²) >= 11 is 7.65. The molecule has 1 amide bonds. The summed E-state index contributed by atoms with van der Waals surface area (Å²) in [5, 5.41) is 3.29. The van der Waals surface area contributed by atoms with Gasteiger partial charge in [0.25, 0.3) is 10.0 Å². The number of carbonyl (C=O) groups is 1. The Morgan fingerprint density at radius 1 is 0.970 bits per heavy atom. The Bertz CT molecular complexity index is 1180. The molecule has 0 fully saturated rings. The number of rotatable bonds is 10. The van der Waals surface area contributed by atoms with Crippen LogP contribution in [0.15, 0.2) is 82.6 Å². The zero-order valence-corrected chi connectivity index (χ0v) is 21.0. The normalized spacial score (nSPS) is 11.2. The molecule has 5 nitrogen and oxygen atoms in total. The van der Waals surface area contributed by atoms with Gasteiger partial charge in [-0.2, -0.15) is 0 Å². The van der Waals surface area contributed by atoms with Crippen molar-refractivity contribution in [1.29, 1.82) is 0 Å². The van der Waals surface area contributed by atoms with Crippen molar-refractivity contribution >= 4 is 45.0 Å². The predicted octanol–water partition coefficient (Wildman–Crippen LogP) is 5.45. The molecule has 174 valence electrons. The van der Waals surface area contributed by atoms with Crippen molar-refractivity contribution in [3.63, 3.8) is 0 Å². The number of amides is 1. The van der Waals surface area contributed by atoms with Crippen LogP contribution < -0.4 is 9.62 Å². The number of aryl methyl sites for hydroxylation is 2. The Hall–Kier alpha value is -2.48. The van der Waals surface area contributed by atoms with Crippen LogP contribution in [0.1, 0.15) is 17.5 Å². The lowest BCUT2D eigenvalue weighted by Gasteiger charge is -2.25. The zero-order valence-electron chi connectivity index (χ0n) is 18.6. The van der Waals surface area contributed by atoms with Crippen molar-refractivity contribution in [1.82, 2.24) is 5.32 Å². The van der Waals surface area contributed by atoms with Gasteiger partial charge in [-0.25, -0.2) is 8.42 Å². The second kappa shape index (κ2) is 11.6. The molecule has 0 bridgehead atoms. The van der Waals surface area contributed by atoms with Crippen LogP contribution in [0.2, 0.25) is 5.02 Å². The van der Waals surface area contributed by atoms with E-state index in [1.165, 1.54) is 34.7 Å². The average Bonchev–Trinajstić information content (AvgIpc) is 2.79. The van der Waals surface area contributed by atoms with E-state index in [-0.39, 0.29) is 17.3 Å². The SMILES string of the molecule is Cc1ccc(SCCCNC(=O)CN(c2ccccc2C)S(=O)(=O)c2ccc(Cl)cc2)cc1. The summed E-state index contributed by atoms with van der Waals surface area (Å²) in [5.74, 6) is 0.504. The molecule has 8 heteroatoms. The standard InChI is InChI=1S/C25H27ClN2O3S2/c1-19-8-12-22(13-9-19)32-17-5-16-27-25(29)18-28(24-7-4-3-6-20(24)2)33(30,31)23-14-10-21(26)11-15-23/h3-4,6-15H,5,16-18H2,1-2H3,(H,27,29). The Kier molecular flexibility index (Phi) is 8.83. The lowest BCUT2D eigenvalue weighted by molar-refractivity contribution is -0.119. The van der Waals surface area contributed by atoms with Gasteiger partial charge in [-0.15, -0.1) is 11.8 Å². The van der Waals surface area contributed by atoms with Crippen molar-refractivity contribution < 1.29 is 13.2 Å². The number of anilines is 1. The minimum atomic E-state index is -3.95. The number of carbonyl (C=O) groups excluding carboxylic acids is 1. The minimum Gasteiger partial charge on any atom is -0.354 e. The quantitative estimate of drug-likeness (QED) is 0.295. The van der Waals surface area contributed by atoms with Gasteiger partial charge in [0.15, 0.2) is 0 Å². The molecule has 0 heterocycles. The number of hydrogen-bond donors (Lipinski definition) is 1. The Morgan fingerprint density at radius 2 is 1.64 bits per heavy atom. The van der Waals surface area contributed by atoms with Crippen LogP contribution in [0.5, 0.6) is 0 Å². The molecule has 0 aliphatic carbocycles. The van der Waals surface area contributed by atoms with Gasteiger partial charge < -0.3 is 5.32 Å². The number of hydrogen-bond acceptors (Lipinski definition) is 4.